The highest BCUT2D eigenvalue weighted by Gasteiger charge is 2.36. The van der Waals surface area contributed by atoms with Crippen LogP contribution in [0.3, 0.4) is 0 Å². The molecule has 0 aromatic carbocycles. The Hall–Kier alpha value is -1.89. The first kappa shape index (κ1) is 28.1. The van der Waals surface area contributed by atoms with Crippen LogP contribution in [0.2, 0.25) is 0 Å². The number of carbonyl (C=O) groups excluding carboxylic acids is 2. The number of hydrogen-bond donors (Lipinski definition) is 2. The average Bonchev–Trinajstić information content (AvgIpc) is 2.78. The smallest absolute Gasteiger partial charge is 0.331 e. The van der Waals surface area contributed by atoms with Crippen LogP contribution in [0.4, 0.5) is 0 Å². The predicted octanol–water partition coefficient (Wildman–Crippen LogP) is 3.68. The minimum Gasteiger partial charge on any atom is -0.478 e. The number of likely N-dealkylation sites (N-methyl/N-ethyl adjacent to an activating group) is 1. The Morgan fingerprint density at radius 1 is 1.12 bits per heavy atom. The van der Waals surface area contributed by atoms with Crippen molar-refractivity contribution in [3.05, 3.63) is 11.6 Å². The Balaban J connectivity index is 3.10. The molecule has 2 amide bonds. The quantitative estimate of drug-likeness (QED) is 0.468. The van der Waals surface area contributed by atoms with Crippen LogP contribution < -0.4 is 5.32 Å². The molecule has 1 aliphatic rings. The molecule has 0 bridgehead atoms. The summed E-state index contributed by atoms with van der Waals surface area (Å²) in [5.41, 5.74) is 0.214. The molecule has 32 heavy (non-hydrogen) atoms. The first-order valence-corrected chi connectivity index (χ1v) is 12.2. The molecule has 2 unspecified atom stereocenters. The number of likely N-dealkylation sites (tertiary alicyclic amines) is 1. The largest absolute Gasteiger partial charge is 0.478 e. The molecule has 1 heterocycles. The monoisotopic (exact) mass is 451 g/mol. The van der Waals surface area contributed by atoms with Crippen LogP contribution in [-0.2, 0) is 14.4 Å². The van der Waals surface area contributed by atoms with Gasteiger partial charge >= 0.3 is 5.97 Å². The van der Waals surface area contributed by atoms with Gasteiger partial charge in [0.15, 0.2) is 0 Å². The molecule has 0 aromatic heterocycles. The fourth-order valence-corrected chi connectivity index (χ4v) is 4.35. The van der Waals surface area contributed by atoms with Crippen LogP contribution >= 0.6 is 0 Å². The van der Waals surface area contributed by atoms with E-state index in [-0.39, 0.29) is 41.3 Å². The van der Waals surface area contributed by atoms with Gasteiger partial charge in [-0.15, -0.1) is 0 Å². The van der Waals surface area contributed by atoms with Crippen LogP contribution in [-0.4, -0.2) is 70.4 Å². The van der Waals surface area contributed by atoms with Crippen molar-refractivity contribution in [2.45, 2.75) is 105 Å². The second kappa shape index (κ2) is 13.0. The van der Waals surface area contributed by atoms with E-state index in [2.05, 4.69) is 24.1 Å². The van der Waals surface area contributed by atoms with Crippen LogP contribution in [0.1, 0.15) is 80.6 Å². The Morgan fingerprint density at radius 3 is 2.25 bits per heavy atom. The summed E-state index contributed by atoms with van der Waals surface area (Å²) in [6.45, 7) is 14.6. The zero-order valence-corrected chi connectivity index (χ0v) is 21.4. The van der Waals surface area contributed by atoms with E-state index in [1.165, 1.54) is 0 Å². The van der Waals surface area contributed by atoms with Crippen molar-refractivity contribution in [1.29, 1.82) is 0 Å². The molecule has 5 atom stereocenters. The summed E-state index contributed by atoms with van der Waals surface area (Å²) in [5.74, 6) is -1.25. The Bertz CT molecular complexity index is 676. The summed E-state index contributed by atoms with van der Waals surface area (Å²) in [6.07, 6.45) is 6.34. The molecule has 7 nitrogen and oxygen atoms in total. The number of carboxylic acid groups (broad SMARTS) is 1. The van der Waals surface area contributed by atoms with E-state index >= 15 is 0 Å². The molecule has 0 radical (unpaired) electrons. The minimum atomic E-state index is -0.990. The summed E-state index contributed by atoms with van der Waals surface area (Å²) in [4.78, 5) is 42.1. The van der Waals surface area contributed by atoms with Gasteiger partial charge in [-0.25, -0.2) is 4.79 Å². The van der Waals surface area contributed by atoms with Gasteiger partial charge in [-0.2, -0.15) is 0 Å². The van der Waals surface area contributed by atoms with Crippen molar-refractivity contribution in [2.24, 2.45) is 11.8 Å². The van der Waals surface area contributed by atoms with Gasteiger partial charge in [0, 0.05) is 18.7 Å². The van der Waals surface area contributed by atoms with Gasteiger partial charge in [-0.3, -0.25) is 14.5 Å². The molecular weight excluding hydrogens is 406 g/mol. The first-order chi connectivity index (χ1) is 15.0. The van der Waals surface area contributed by atoms with Crippen molar-refractivity contribution in [3.63, 3.8) is 0 Å². The molecule has 1 saturated heterocycles. The van der Waals surface area contributed by atoms with Crippen LogP contribution in [0.25, 0.3) is 0 Å². The number of rotatable bonds is 11. The summed E-state index contributed by atoms with van der Waals surface area (Å²) >= 11 is 0. The van der Waals surface area contributed by atoms with Crippen molar-refractivity contribution in [1.82, 2.24) is 15.1 Å². The number of amides is 2. The molecular formula is C25H45N3O4. The lowest BCUT2D eigenvalue weighted by Crippen LogP contribution is -2.59. The number of nitrogens with zero attached hydrogens (tertiary/aromatic N) is 2. The van der Waals surface area contributed by atoms with Gasteiger partial charge in [0.25, 0.3) is 0 Å². The van der Waals surface area contributed by atoms with Gasteiger partial charge in [0.2, 0.25) is 11.8 Å². The lowest BCUT2D eigenvalue weighted by atomic mass is 9.93. The molecule has 2 N–H and O–H groups in total. The number of carbonyl (C=O) groups is 3. The van der Waals surface area contributed by atoms with E-state index in [0.29, 0.717) is 6.04 Å². The second-order valence-corrected chi connectivity index (χ2v) is 9.72. The van der Waals surface area contributed by atoms with Crippen LogP contribution in [0.5, 0.6) is 0 Å². The average molecular weight is 452 g/mol. The maximum absolute atomic E-state index is 13.5. The van der Waals surface area contributed by atoms with Crippen molar-refractivity contribution < 1.29 is 19.5 Å². The highest BCUT2D eigenvalue weighted by atomic mass is 16.4. The van der Waals surface area contributed by atoms with E-state index in [9.17, 15) is 19.5 Å². The first-order valence-electron chi connectivity index (χ1n) is 12.2. The van der Waals surface area contributed by atoms with Crippen LogP contribution in [0.15, 0.2) is 11.6 Å². The number of carboxylic acids is 1. The Labute approximate surface area is 194 Å². The maximum Gasteiger partial charge on any atom is 0.331 e. The molecule has 184 valence electrons. The van der Waals surface area contributed by atoms with Gasteiger partial charge in [0.05, 0.1) is 12.1 Å². The number of nitrogens with one attached hydrogen (secondary N) is 1. The molecule has 0 aromatic rings. The highest BCUT2D eigenvalue weighted by molar-refractivity contribution is 5.90. The summed E-state index contributed by atoms with van der Waals surface area (Å²) < 4.78 is 0. The number of aliphatic carboxylic acids is 1. The van der Waals surface area contributed by atoms with E-state index in [4.69, 9.17) is 0 Å². The van der Waals surface area contributed by atoms with Gasteiger partial charge in [0.1, 0.15) is 6.04 Å². The second-order valence-electron chi connectivity index (χ2n) is 9.72. The van der Waals surface area contributed by atoms with Crippen molar-refractivity contribution >= 4 is 17.8 Å². The summed E-state index contributed by atoms with van der Waals surface area (Å²) in [6, 6.07) is -0.898. The van der Waals surface area contributed by atoms with Crippen molar-refractivity contribution in [3.8, 4) is 0 Å². The summed E-state index contributed by atoms with van der Waals surface area (Å²) in [7, 11) is 1.71. The predicted molar refractivity (Wildman–Crippen MR) is 128 cm³/mol. The topological polar surface area (TPSA) is 90.0 Å². The van der Waals surface area contributed by atoms with Gasteiger partial charge in [-0.05, 0) is 51.5 Å². The highest BCUT2D eigenvalue weighted by Crippen LogP contribution is 2.23. The van der Waals surface area contributed by atoms with E-state index < -0.39 is 12.0 Å². The van der Waals surface area contributed by atoms with Gasteiger partial charge in [-0.1, -0.05) is 53.5 Å². The lowest BCUT2D eigenvalue weighted by Gasteiger charge is -2.40. The zero-order valence-electron chi connectivity index (χ0n) is 21.4. The SMILES string of the molecule is CCC(C)N1CCCCC1C(=O)N[C@H](C(=O)N(C)[C@H](C=C(C)C(=O)O)[C@@H](C)CC)C(C)C. The van der Waals surface area contributed by atoms with Crippen LogP contribution in [0, 0.1) is 11.8 Å². The molecule has 0 saturated carbocycles. The fourth-order valence-electron chi connectivity index (χ4n) is 4.35. The molecule has 1 aliphatic heterocycles. The van der Waals surface area contributed by atoms with E-state index in [1.807, 2.05) is 27.7 Å². The molecule has 0 aliphatic carbocycles. The molecule has 7 heteroatoms. The van der Waals surface area contributed by atoms with E-state index in [0.717, 1.165) is 38.6 Å². The molecule has 1 rings (SSSR count). The van der Waals surface area contributed by atoms with Crippen molar-refractivity contribution in [2.75, 3.05) is 13.6 Å². The third-order valence-electron chi connectivity index (χ3n) is 7.01. The standard InChI is InChI=1S/C25H45N3O4/c1-9-17(5)21(15-18(6)25(31)32)27(8)24(30)22(16(3)4)26-23(29)20-13-11-12-14-28(20)19(7)10-2/h15-17,19-22H,9-14H2,1-8H3,(H,26,29)(H,31,32)/t17-,19?,20?,21+,22-/m0/s1. The molecule has 0 spiro atoms. The number of hydrogen-bond acceptors (Lipinski definition) is 4. The fraction of sp³-hybridized carbons (Fsp3) is 0.800. The molecule has 1 fully saturated rings. The van der Waals surface area contributed by atoms with Gasteiger partial charge < -0.3 is 15.3 Å². The third kappa shape index (κ3) is 7.32. The maximum atomic E-state index is 13.5. The Kier molecular flexibility index (Phi) is 11.4. The summed E-state index contributed by atoms with van der Waals surface area (Å²) in [5, 5.41) is 12.4. The zero-order chi connectivity index (χ0) is 24.6. The Morgan fingerprint density at radius 2 is 1.75 bits per heavy atom. The third-order valence-corrected chi connectivity index (χ3v) is 7.01. The lowest BCUT2D eigenvalue weighted by molar-refractivity contribution is -0.140. The van der Waals surface area contributed by atoms with E-state index in [1.54, 1.807) is 24.9 Å². The minimum absolute atomic E-state index is 0.0807. The normalized spacial score (nSPS) is 21.5. The number of piperidine rings is 1.